The molecule has 0 radical (unpaired) electrons. The maximum absolute atomic E-state index is 12.6. The van der Waals surface area contributed by atoms with Crippen molar-refractivity contribution in [1.29, 1.82) is 0 Å². The molecule has 4 rings (SSSR count). The molecule has 25 heteroatoms. The van der Waals surface area contributed by atoms with Gasteiger partial charge < -0.3 is 49.7 Å². The van der Waals surface area contributed by atoms with E-state index in [1.54, 1.807) is 0 Å². The number of nitrogens with zero attached hydrogens (tertiary/aromatic N) is 12. The SMILES string of the molecule is O=C(c1cnccn1)N(C(=S)S)N(C(=S)[S-])c1cnccn1.O=C(c1cnccn1)N(C(=S)S)N(C(=S)[S-])c1cnccn1.[O]=[Mo+2]=[O]. The van der Waals surface area contributed by atoms with Crippen LogP contribution in [0, 0.1) is 0 Å². The summed E-state index contributed by atoms with van der Waals surface area (Å²) in [4.78, 5) is 56.7. The molecular formula is C22H14MoN12O4S8. The third-order valence-corrected chi connectivity index (χ3v) is 6.01. The standard InChI is InChI=1S/2C11H8N6OS4.Mo.2O/c2*18-9(7-5-12-1-3-14-7)17(11(21)22)16(10(19)20)8-6-13-2-4-15-8;;;/h2*1-6H,(H,19,20)(H,21,22);;;/q;;+2;;/p-2. The Hall–Kier alpha value is -3.35. The molecule has 4 heterocycles. The summed E-state index contributed by atoms with van der Waals surface area (Å²) in [6, 6.07) is 0. The van der Waals surface area contributed by atoms with Crippen molar-refractivity contribution in [2.45, 2.75) is 0 Å². The van der Waals surface area contributed by atoms with Gasteiger partial charge in [-0.2, -0.15) is 10.0 Å². The van der Waals surface area contributed by atoms with Gasteiger partial charge in [-0.15, -0.1) is 25.3 Å². The first-order valence-electron chi connectivity index (χ1n) is 11.6. The number of hydrogen-bond donors (Lipinski definition) is 2. The van der Waals surface area contributed by atoms with E-state index in [0.29, 0.717) is 0 Å². The summed E-state index contributed by atoms with van der Waals surface area (Å²) >= 11 is 36.2. The molecule has 0 bridgehead atoms. The van der Waals surface area contributed by atoms with Crippen LogP contribution in [0.15, 0.2) is 74.4 Å². The van der Waals surface area contributed by atoms with Crippen LogP contribution in [0.5, 0.6) is 0 Å². The van der Waals surface area contributed by atoms with Gasteiger partial charge in [0.25, 0.3) is 11.8 Å². The van der Waals surface area contributed by atoms with Crippen LogP contribution in [-0.4, -0.2) is 79.0 Å². The second kappa shape index (κ2) is 20.8. The van der Waals surface area contributed by atoms with E-state index in [1.807, 2.05) is 0 Å². The minimum absolute atomic E-state index is 0.0547. The Kier molecular flexibility index (Phi) is 17.6. The molecule has 0 aliphatic heterocycles. The zero-order chi connectivity index (χ0) is 34.9. The Labute approximate surface area is 318 Å². The third kappa shape index (κ3) is 12.0. The van der Waals surface area contributed by atoms with E-state index >= 15 is 0 Å². The van der Waals surface area contributed by atoms with E-state index in [1.165, 1.54) is 74.4 Å². The van der Waals surface area contributed by atoms with Crippen molar-refractivity contribution in [3.8, 4) is 0 Å². The first-order chi connectivity index (χ1) is 22.5. The van der Waals surface area contributed by atoms with Crippen LogP contribution in [0.3, 0.4) is 0 Å². The van der Waals surface area contributed by atoms with Gasteiger partial charge in [-0.3, -0.25) is 29.5 Å². The molecule has 0 fully saturated rings. The van der Waals surface area contributed by atoms with Crippen LogP contribution in [0.4, 0.5) is 11.6 Å². The van der Waals surface area contributed by atoms with E-state index in [2.05, 4.69) is 65.1 Å². The summed E-state index contributed by atoms with van der Waals surface area (Å²) < 4.78 is 16.7. The molecule has 4 aromatic heterocycles. The molecule has 0 N–H and O–H groups in total. The second-order valence-corrected chi connectivity index (χ2v) is 12.0. The zero-order valence-electron chi connectivity index (χ0n) is 22.7. The number of thiol groups is 2. The van der Waals surface area contributed by atoms with Crippen molar-refractivity contribution in [3.05, 3.63) is 85.7 Å². The summed E-state index contributed by atoms with van der Waals surface area (Å²) in [6.07, 6.45) is 16.8. The fourth-order valence-electron chi connectivity index (χ4n) is 2.92. The van der Waals surface area contributed by atoms with Crippen molar-refractivity contribution in [3.63, 3.8) is 0 Å². The average molecular weight is 863 g/mol. The normalized spacial score (nSPS) is 9.40. The summed E-state index contributed by atoms with van der Waals surface area (Å²) in [7, 11) is 0. The van der Waals surface area contributed by atoms with Crippen molar-refractivity contribution >= 4 is 140 Å². The Morgan fingerprint density at radius 3 is 1.09 bits per heavy atom. The number of amides is 2. The molecule has 0 atom stereocenters. The van der Waals surface area contributed by atoms with Crippen molar-refractivity contribution in [1.82, 2.24) is 49.9 Å². The van der Waals surface area contributed by atoms with Gasteiger partial charge in [0.1, 0.15) is 11.4 Å². The van der Waals surface area contributed by atoms with Crippen LogP contribution < -0.4 is 10.0 Å². The van der Waals surface area contributed by atoms with E-state index in [9.17, 15) is 9.59 Å². The van der Waals surface area contributed by atoms with Gasteiger partial charge in [0, 0.05) is 49.6 Å². The average Bonchev–Trinajstić information content (AvgIpc) is 3.07. The molecule has 0 unspecified atom stereocenters. The maximum atomic E-state index is 12.6. The Morgan fingerprint density at radius 1 is 0.574 bits per heavy atom. The van der Waals surface area contributed by atoms with Gasteiger partial charge in [-0.05, 0) is 8.64 Å². The minimum atomic E-state index is -2.03. The predicted molar refractivity (Wildman–Crippen MR) is 190 cm³/mol. The number of carbonyl (C=O) groups excluding carboxylic acids is 2. The molecule has 0 aromatic carbocycles. The van der Waals surface area contributed by atoms with Crippen molar-refractivity contribution in [2.24, 2.45) is 0 Å². The summed E-state index contributed by atoms with van der Waals surface area (Å²) in [6.45, 7) is 0. The summed E-state index contributed by atoms with van der Waals surface area (Å²) in [5.74, 6) is -0.718. The van der Waals surface area contributed by atoms with Crippen molar-refractivity contribution < 1.29 is 34.9 Å². The molecule has 4 aromatic rings. The van der Waals surface area contributed by atoms with Crippen LogP contribution in [-0.2, 0) is 50.5 Å². The Morgan fingerprint density at radius 2 is 0.872 bits per heavy atom. The molecule has 0 saturated heterocycles. The van der Waals surface area contributed by atoms with Gasteiger partial charge in [0.05, 0.1) is 24.8 Å². The first-order valence-corrected chi connectivity index (χ1v) is 16.6. The van der Waals surface area contributed by atoms with E-state index in [4.69, 9.17) is 80.9 Å². The van der Waals surface area contributed by atoms with Gasteiger partial charge in [0.15, 0.2) is 20.3 Å². The van der Waals surface area contributed by atoms with Crippen LogP contribution in [0.2, 0.25) is 0 Å². The van der Waals surface area contributed by atoms with Gasteiger partial charge in [0.2, 0.25) is 0 Å². The molecular weight excluding hydrogens is 849 g/mol. The van der Waals surface area contributed by atoms with Gasteiger partial charge in [-0.1, -0.05) is 24.4 Å². The molecule has 2 amide bonds. The fourth-order valence-corrected chi connectivity index (χ4v) is 4.31. The molecule has 0 spiro atoms. The van der Waals surface area contributed by atoms with Crippen LogP contribution in [0.25, 0.3) is 0 Å². The van der Waals surface area contributed by atoms with Crippen LogP contribution >= 0.6 is 74.1 Å². The number of aromatic nitrogens is 8. The molecule has 0 saturated carbocycles. The Bertz CT molecular complexity index is 1630. The molecule has 16 nitrogen and oxygen atoms in total. The second-order valence-electron chi connectivity index (χ2n) is 7.33. The monoisotopic (exact) mass is 864 g/mol. The number of carbonyl (C=O) groups is 2. The van der Waals surface area contributed by atoms with Crippen molar-refractivity contribution in [2.75, 3.05) is 10.0 Å². The van der Waals surface area contributed by atoms with E-state index < -0.39 is 30.3 Å². The molecule has 0 aliphatic carbocycles. The van der Waals surface area contributed by atoms with Gasteiger partial charge in [-0.25, -0.2) is 30.0 Å². The number of hydrazine groups is 2. The van der Waals surface area contributed by atoms with Crippen LogP contribution in [0.1, 0.15) is 21.0 Å². The molecule has 240 valence electrons. The van der Waals surface area contributed by atoms with E-state index in [-0.39, 0.29) is 40.3 Å². The predicted octanol–water partition coefficient (Wildman–Crippen LogP) is 2.11. The third-order valence-electron chi connectivity index (χ3n) is 4.59. The number of rotatable bonds is 4. The number of anilines is 2. The van der Waals surface area contributed by atoms with E-state index in [0.717, 1.165) is 20.0 Å². The summed E-state index contributed by atoms with van der Waals surface area (Å²) in [5.41, 5.74) is 0.109. The fraction of sp³-hybridized carbons (Fsp3) is 0. The van der Waals surface area contributed by atoms with Gasteiger partial charge >= 0.3 is 25.3 Å². The summed E-state index contributed by atoms with van der Waals surface area (Å²) in [5, 5.41) is 4.29. The topological polar surface area (TPSA) is 184 Å². The number of thiocarbonyl (C=S) groups is 4. The zero-order valence-corrected chi connectivity index (χ0v) is 31.4. The quantitative estimate of drug-likeness (QED) is 0.0999. The Balaban J connectivity index is 0.000000302. The molecule has 47 heavy (non-hydrogen) atoms. The molecule has 0 aliphatic rings. The first kappa shape index (κ1) is 39.8. The number of hydrogen-bond acceptors (Lipinski definition) is 18.